The largest absolute Gasteiger partial charge is 0.497 e. The Bertz CT molecular complexity index is 1160. The molecule has 0 bridgehead atoms. The molecule has 4 rings (SSSR count). The number of nitrogens with zero attached hydrogens (tertiary/aromatic N) is 3. The molecule has 2 aromatic heterocycles. The van der Waals surface area contributed by atoms with Crippen molar-refractivity contribution in [3.63, 3.8) is 0 Å². The molecule has 0 spiro atoms. The fraction of sp³-hybridized carbons (Fsp3) is 0.105. The van der Waals surface area contributed by atoms with E-state index in [2.05, 4.69) is 15.3 Å². The average molecular weight is 366 g/mol. The van der Waals surface area contributed by atoms with Crippen LogP contribution in [0.1, 0.15) is 15.9 Å². The SMILES string of the molecule is COc1ccc(CNc2nc3cc(F)c(C(=O)O)cc3n3cncc23)cc1. The molecule has 27 heavy (non-hydrogen) atoms. The Balaban J connectivity index is 1.74. The number of aromatic nitrogens is 3. The number of hydrogen-bond acceptors (Lipinski definition) is 5. The summed E-state index contributed by atoms with van der Waals surface area (Å²) in [5.74, 6) is -0.865. The van der Waals surface area contributed by atoms with Gasteiger partial charge in [0, 0.05) is 12.6 Å². The Morgan fingerprint density at radius 3 is 2.74 bits per heavy atom. The first kappa shape index (κ1) is 16.8. The van der Waals surface area contributed by atoms with E-state index in [-0.39, 0.29) is 0 Å². The van der Waals surface area contributed by atoms with Gasteiger partial charge < -0.3 is 15.2 Å². The van der Waals surface area contributed by atoms with Gasteiger partial charge in [-0.1, -0.05) is 12.1 Å². The summed E-state index contributed by atoms with van der Waals surface area (Å²) in [5.41, 5.74) is 2.08. The lowest BCUT2D eigenvalue weighted by Crippen LogP contribution is -2.06. The maximum atomic E-state index is 14.1. The average Bonchev–Trinajstić information content (AvgIpc) is 3.16. The molecule has 2 N–H and O–H groups in total. The number of aromatic carboxylic acids is 1. The second-order valence-electron chi connectivity index (χ2n) is 5.94. The van der Waals surface area contributed by atoms with Gasteiger partial charge in [0.25, 0.3) is 0 Å². The van der Waals surface area contributed by atoms with Crippen molar-refractivity contribution in [1.82, 2.24) is 14.4 Å². The summed E-state index contributed by atoms with van der Waals surface area (Å²) in [7, 11) is 1.61. The lowest BCUT2D eigenvalue weighted by atomic mass is 10.1. The number of imidazole rings is 1. The van der Waals surface area contributed by atoms with Crippen LogP contribution in [0, 0.1) is 5.82 Å². The zero-order valence-corrected chi connectivity index (χ0v) is 14.3. The van der Waals surface area contributed by atoms with Gasteiger partial charge >= 0.3 is 5.97 Å². The quantitative estimate of drug-likeness (QED) is 0.563. The van der Waals surface area contributed by atoms with E-state index in [1.54, 1.807) is 24.0 Å². The smallest absolute Gasteiger partial charge is 0.338 e. The normalized spacial score (nSPS) is 11.0. The molecule has 7 nitrogen and oxygen atoms in total. The van der Waals surface area contributed by atoms with E-state index in [9.17, 15) is 9.18 Å². The zero-order valence-electron chi connectivity index (χ0n) is 14.3. The van der Waals surface area contributed by atoms with Gasteiger partial charge in [-0.15, -0.1) is 0 Å². The molecule has 136 valence electrons. The van der Waals surface area contributed by atoms with Gasteiger partial charge in [0.2, 0.25) is 0 Å². The third-order valence-electron chi connectivity index (χ3n) is 4.29. The number of nitrogens with one attached hydrogen (secondary N) is 1. The van der Waals surface area contributed by atoms with Crippen molar-refractivity contribution in [2.75, 3.05) is 12.4 Å². The molecule has 0 aliphatic carbocycles. The number of rotatable bonds is 5. The van der Waals surface area contributed by atoms with Crippen LogP contribution in [0.4, 0.5) is 10.2 Å². The van der Waals surface area contributed by atoms with Gasteiger partial charge in [-0.05, 0) is 23.8 Å². The van der Waals surface area contributed by atoms with E-state index in [0.29, 0.717) is 28.9 Å². The maximum Gasteiger partial charge on any atom is 0.338 e. The number of benzene rings is 2. The highest BCUT2D eigenvalue weighted by atomic mass is 19.1. The van der Waals surface area contributed by atoms with E-state index < -0.39 is 17.3 Å². The highest BCUT2D eigenvalue weighted by molar-refractivity contribution is 5.94. The first-order valence-electron chi connectivity index (χ1n) is 8.12. The molecule has 0 aliphatic heterocycles. The minimum Gasteiger partial charge on any atom is -0.497 e. The lowest BCUT2D eigenvalue weighted by Gasteiger charge is -2.11. The van der Waals surface area contributed by atoms with E-state index in [1.165, 1.54) is 6.07 Å². The number of carboxylic acids is 1. The molecule has 0 fully saturated rings. The predicted molar refractivity (Wildman–Crippen MR) is 97.7 cm³/mol. The van der Waals surface area contributed by atoms with Gasteiger partial charge in [0.05, 0.1) is 36.2 Å². The molecule has 0 saturated carbocycles. The number of carboxylic acid groups (broad SMARTS) is 1. The fourth-order valence-corrected chi connectivity index (χ4v) is 2.90. The Morgan fingerprint density at radius 1 is 1.26 bits per heavy atom. The van der Waals surface area contributed by atoms with Crippen molar-refractivity contribution in [1.29, 1.82) is 0 Å². The van der Waals surface area contributed by atoms with Crippen molar-refractivity contribution < 1.29 is 19.0 Å². The standard InChI is InChI=1S/C19H15FN4O3/c1-27-12-4-2-11(3-5-12)8-22-18-17-9-21-10-24(17)16-6-13(19(25)26)14(20)7-15(16)23-18/h2-7,9-10H,8H2,1H3,(H,22,23)(H,25,26). The summed E-state index contributed by atoms with van der Waals surface area (Å²) in [5, 5.41) is 12.4. The van der Waals surface area contributed by atoms with Crippen LogP contribution in [0.3, 0.4) is 0 Å². The Labute approximate surface area is 153 Å². The molecule has 0 saturated heterocycles. The number of anilines is 1. The van der Waals surface area contributed by atoms with Crippen LogP contribution >= 0.6 is 0 Å². The van der Waals surface area contributed by atoms with Crippen LogP contribution in [0.15, 0.2) is 48.9 Å². The van der Waals surface area contributed by atoms with Crippen LogP contribution in [0.25, 0.3) is 16.6 Å². The zero-order chi connectivity index (χ0) is 19.0. The van der Waals surface area contributed by atoms with Crippen LogP contribution in [-0.2, 0) is 6.54 Å². The second kappa shape index (κ2) is 6.56. The first-order valence-corrected chi connectivity index (χ1v) is 8.12. The van der Waals surface area contributed by atoms with Gasteiger partial charge in [0.1, 0.15) is 17.1 Å². The maximum absolute atomic E-state index is 14.1. The van der Waals surface area contributed by atoms with Crippen LogP contribution in [0.5, 0.6) is 5.75 Å². The minimum atomic E-state index is -1.33. The summed E-state index contributed by atoms with van der Waals surface area (Å²) in [6, 6.07) is 9.97. The van der Waals surface area contributed by atoms with Crippen molar-refractivity contribution in [2.24, 2.45) is 0 Å². The molecule has 0 amide bonds. The topological polar surface area (TPSA) is 88.8 Å². The molecular formula is C19H15FN4O3. The van der Waals surface area contributed by atoms with Crippen LogP contribution in [0.2, 0.25) is 0 Å². The van der Waals surface area contributed by atoms with E-state index in [1.807, 2.05) is 24.3 Å². The van der Waals surface area contributed by atoms with Crippen molar-refractivity contribution in [3.05, 3.63) is 65.9 Å². The highest BCUT2D eigenvalue weighted by Gasteiger charge is 2.16. The van der Waals surface area contributed by atoms with Crippen molar-refractivity contribution >= 4 is 28.3 Å². The number of fused-ring (bicyclic) bond motifs is 3. The Kier molecular flexibility index (Phi) is 4.08. The van der Waals surface area contributed by atoms with Crippen molar-refractivity contribution in [3.8, 4) is 5.75 Å². The van der Waals surface area contributed by atoms with E-state index >= 15 is 0 Å². The number of carbonyl (C=O) groups is 1. The third-order valence-corrected chi connectivity index (χ3v) is 4.29. The number of hydrogen-bond donors (Lipinski definition) is 2. The highest BCUT2D eigenvalue weighted by Crippen LogP contribution is 2.25. The fourth-order valence-electron chi connectivity index (χ4n) is 2.90. The summed E-state index contributed by atoms with van der Waals surface area (Å²) in [6.45, 7) is 0.499. The molecule has 4 aromatic rings. The molecule has 0 aliphatic rings. The van der Waals surface area contributed by atoms with Gasteiger partial charge in [-0.3, -0.25) is 4.40 Å². The lowest BCUT2D eigenvalue weighted by molar-refractivity contribution is 0.0692. The van der Waals surface area contributed by atoms with Crippen LogP contribution in [-0.4, -0.2) is 32.6 Å². The molecular weight excluding hydrogens is 351 g/mol. The van der Waals surface area contributed by atoms with Crippen molar-refractivity contribution in [2.45, 2.75) is 6.54 Å². The number of methoxy groups -OCH3 is 1. The molecule has 0 radical (unpaired) electrons. The summed E-state index contributed by atoms with van der Waals surface area (Å²) in [4.78, 5) is 19.8. The van der Waals surface area contributed by atoms with Gasteiger partial charge in [-0.25, -0.2) is 19.2 Å². The first-order chi connectivity index (χ1) is 13.1. The second-order valence-corrected chi connectivity index (χ2v) is 5.94. The monoisotopic (exact) mass is 366 g/mol. The Morgan fingerprint density at radius 2 is 2.04 bits per heavy atom. The molecule has 8 heteroatoms. The minimum absolute atomic E-state index is 0.334. The molecule has 0 unspecified atom stereocenters. The molecule has 0 atom stereocenters. The summed E-state index contributed by atoms with van der Waals surface area (Å²) in [6.07, 6.45) is 3.16. The number of ether oxygens (including phenoxy) is 1. The van der Waals surface area contributed by atoms with Crippen LogP contribution < -0.4 is 10.1 Å². The number of halogens is 1. The predicted octanol–water partition coefficient (Wildman–Crippen LogP) is 3.34. The van der Waals surface area contributed by atoms with E-state index in [0.717, 1.165) is 17.4 Å². The van der Waals surface area contributed by atoms with Gasteiger partial charge in [-0.2, -0.15) is 0 Å². The third kappa shape index (κ3) is 3.01. The molecule has 2 heterocycles. The summed E-state index contributed by atoms with van der Waals surface area (Å²) >= 11 is 0. The molecule has 2 aromatic carbocycles. The Hall–Kier alpha value is -3.68. The van der Waals surface area contributed by atoms with E-state index in [4.69, 9.17) is 9.84 Å². The van der Waals surface area contributed by atoms with Gasteiger partial charge in [0.15, 0.2) is 5.82 Å². The summed E-state index contributed by atoms with van der Waals surface area (Å²) < 4.78 is 20.9.